The molecule has 0 spiro atoms. The van der Waals surface area contributed by atoms with Crippen molar-refractivity contribution in [2.45, 2.75) is 25.8 Å². The Hall–Kier alpha value is -0.890. The zero-order chi connectivity index (χ0) is 8.97. The van der Waals surface area contributed by atoms with E-state index in [1.807, 2.05) is 13.0 Å². The van der Waals surface area contributed by atoms with E-state index >= 15 is 0 Å². The highest BCUT2D eigenvalue weighted by Crippen LogP contribution is 2.09. The van der Waals surface area contributed by atoms with E-state index in [0.717, 1.165) is 6.42 Å². The predicted octanol–water partition coefficient (Wildman–Crippen LogP) is 2.11. The number of hydrogen-bond donors (Lipinski definition) is 1. The Balaban J connectivity index is 2.69. The smallest absolute Gasteiger partial charge is 0.126 e. The molecule has 0 fully saturated rings. The van der Waals surface area contributed by atoms with E-state index in [9.17, 15) is 4.39 Å². The second kappa shape index (κ2) is 4.21. The zero-order valence-electron chi connectivity index (χ0n) is 7.26. The summed E-state index contributed by atoms with van der Waals surface area (Å²) in [5.41, 5.74) is 6.42. The van der Waals surface area contributed by atoms with Gasteiger partial charge in [-0.25, -0.2) is 4.39 Å². The minimum absolute atomic E-state index is 0.0712. The molecule has 0 aliphatic heterocycles. The lowest BCUT2D eigenvalue weighted by molar-refractivity contribution is 0.579. The molecule has 2 N–H and O–H groups in total. The van der Waals surface area contributed by atoms with Crippen molar-refractivity contribution in [2.75, 3.05) is 0 Å². The van der Waals surface area contributed by atoms with Crippen LogP contribution < -0.4 is 5.73 Å². The van der Waals surface area contributed by atoms with E-state index in [2.05, 4.69) is 0 Å². The first-order valence-electron chi connectivity index (χ1n) is 4.23. The molecule has 1 unspecified atom stereocenters. The van der Waals surface area contributed by atoms with Gasteiger partial charge >= 0.3 is 0 Å². The minimum Gasteiger partial charge on any atom is -0.327 e. The molecule has 12 heavy (non-hydrogen) atoms. The summed E-state index contributed by atoms with van der Waals surface area (Å²) >= 11 is 0. The van der Waals surface area contributed by atoms with Gasteiger partial charge in [0.1, 0.15) is 5.82 Å². The maximum atomic E-state index is 13.0. The maximum absolute atomic E-state index is 13.0. The molecule has 1 atom stereocenters. The van der Waals surface area contributed by atoms with Gasteiger partial charge in [0, 0.05) is 6.04 Å². The summed E-state index contributed by atoms with van der Waals surface area (Å²) in [6.07, 6.45) is 1.51. The molecule has 0 heterocycles. The van der Waals surface area contributed by atoms with E-state index in [-0.39, 0.29) is 11.9 Å². The molecule has 0 bridgehead atoms. The van der Waals surface area contributed by atoms with Gasteiger partial charge in [0.2, 0.25) is 0 Å². The Bertz CT molecular complexity index is 247. The number of benzene rings is 1. The van der Waals surface area contributed by atoms with E-state index in [4.69, 9.17) is 5.73 Å². The summed E-state index contributed by atoms with van der Waals surface area (Å²) in [5.74, 6) is -0.151. The van der Waals surface area contributed by atoms with Crippen LogP contribution in [-0.4, -0.2) is 6.04 Å². The molecule has 1 aromatic carbocycles. The molecular formula is C10H14FN. The largest absolute Gasteiger partial charge is 0.327 e. The molecule has 0 saturated heterocycles. The lowest BCUT2D eigenvalue weighted by atomic mass is 10.0. The molecule has 0 aliphatic rings. The Labute approximate surface area is 72.4 Å². The van der Waals surface area contributed by atoms with Crippen molar-refractivity contribution < 1.29 is 4.39 Å². The van der Waals surface area contributed by atoms with Gasteiger partial charge in [-0.15, -0.1) is 0 Å². The van der Waals surface area contributed by atoms with Crippen LogP contribution >= 0.6 is 0 Å². The van der Waals surface area contributed by atoms with Crippen LogP contribution in [0, 0.1) is 5.82 Å². The Kier molecular flexibility index (Phi) is 3.23. The molecule has 0 aliphatic carbocycles. The van der Waals surface area contributed by atoms with E-state index in [1.54, 1.807) is 12.1 Å². The van der Waals surface area contributed by atoms with E-state index < -0.39 is 0 Å². The fourth-order valence-corrected chi connectivity index (χ4v) is 1.09. The first kappa shape index (κ1) is 9.20. The van der Waals surface area contributed by atoms with Crippen molar-refractivity contribution in [1.82, 2.24) is 0 Å². The second-order valence-electron chi connectivity index (χ2n) is 2.96. The van der Waals surface area contributed by atoms with Crippen molar-refractivity contribution in [3.05, 3.63) is 35.6 Å². The third-order valence-electron chi connectivity index (χ3n) is 1.96. The van der Waals surface area contributed by atoms with Crippen LogP contribution in [0.2, 0.25) is 0 Å². The average molecular weight is 167 g/mol. The molecule has 0 aromatic heterocycles. The number of hydrogen-bond acceptors (Lipinski definition) is 1. The van der Waals surface area contributed by atoms with Crippen molar-refractivity contribution in [3.8, 4) is 0 Å². The second-order valence-corrected chi connectivity index (χ2v) is 2.96. The molecule has 2 heteroatoms. The number of nitrogens with two attached hydrogens (primary N) is 1. The highest BCUT2D eigenvalue weighted by Gasteiger charge is 2.04. The van der Waals surface area contributed by atoms with Gasteiger partial charge in [-0.05, 0) is 24.5 Å². The average Bonchev–Trinajstić information content (AvgIpc) is 2.09. The zero-order valence-corrected chi connectivity index (χ0v) is 7.26. The molecule has 0 amide bonds. The molecule has 1 aromatic rings. The van der Waals surface area contributed by atoms with Gasteiger partial charge in [-0.2, -0.15) is 0 Å². The minimum atomic E-state index is -0.151. The topological polar surface area (TPSA) is 26.0 Å². The third-order valence-corrected chi connectivity index (χ3v) is 1.96. The van der Waals surface area contributed by atoms with Crippen LogP contribution in [0.5, 0.6) is 0 Å². The number of rotatable bonds is 3. The van der Waals surface area contributed by atoms with Crippen LogP contribution in [0.15, 0.2) is 24.3 Å². The monoisotopic (exact) mass is 167 g/mol. The van der Waals surface area contributed by atoms with Crippen molar-refractivity contribution in [2.24, 2.45) is 5.73 Å². The summed E-state index contributed by atoms with van der Waals surface area (Å²) in [7, 11) is 0. The van der Waals surface area contributed by atoms with Crippen LogP contribution in [0.25, 0.3) is 0 Å². The normalized spacial score (nSPS) is 12.9. The van der Waals surface area contributed by atoms with Crippen LogP contribution in [0.4, 0.5) is 4.39 Å². The summed E-state index contributed by atoms with van der Waals surface area (Å²) in [6.45, 7) is 2.01. The van der Waals surface area contributed by atoms with Gasteiger partial charge in [-0.3, -0.25) is 0 Å². The van der Waals surface area contributed by atoms with Crippen molar-refractivity contribution in [3.63, 3.8) is 0 Å². The van der Waals surface area contributed by atoms with Crippen molar-refractivity contribution in [1.29, 1.82) is 0 Å². The summed E-state index contributed by atoms with van der Waals surface area (Å²) in [6, 6.07) is 6.85. The van der Waals surface area contributed by atoms with Gasteiger partial charge in [0.25, 0.3) is 0 Å². The van der Waals surface area contributed by atoms with Gasteiger partial charge in [-0.1, -0.05) is 25.1 Å². The Morgan fingerprint density at radius 3 is 2.67 bits per heavy atom. The Morgan fingerprint density at radius 1 is 1.42 bits per heavy atom. The fourth-order valence-electron chi connectivity index (χ4n) is 1.09. The predicted molar refractivity (Wildman–Crippen MR) is 48.4 cm³/mol. The molecule has 1 rings (SSSR count). The first-order valence-corrected chi connectivity index (χ1v) is 4.23. The SMILES string of the molecule is CCC(N)Cc1ccccc1F. The van der Waals surface area contributed by atoms with E-state index in [1.165, 1.54) is 6.07 Å². The Morgan fingerprint density at radius 2 is 2.08 bits per heavy atom. The molecule has 0 radical (unpaired) electrons. The fraction of sp³-hybridized carbons (Fsp3) is 0.400. The van der Waals surface area contributed by atoms with Crippen LogP contribution in [0.3, 0.4) is 0 Å². The van der Waals surface area contributed by atoms with Gasteiger partial charge in [0.05, 0.1) is 0 Å². The highest BCUT2D eigenvalue weighted by atomic mass is 19.1. The van der Waals surface area contributed by atoms with Crippen LogP contribution in [-0.2, 0) is 6.42 Å². The summed E-state index contributed by atoms with van der Waals surface area (Å²) < 4.78 is 13.0. The molecule has 1 nitrogen and oxygen atoms in total. The lowest BCUT2D eigenvalue weighted by Gasteiger charge is -2.08. The molecule has 0 saturated carbocycles. The van der Waals surface area contributed by atoms with Crippen LogP contribution in [0.1, 0.15) is 18.9 Å². The molecule has 66 valence electrons. The highest BCUT2D eigenvalue weighted by molar-refractivity contribution is 5.18. The maximum Gasteiger partial charge on any atom is 0.126 e. The molecular weight excluding hydrogens is 153 g/mol. The summed E-state index contributed by atoms with van der Waals surface area (Å²) in [5, 5.41) is 0. The number of halogens is 1. The quantitative estimate of drug-likeness (QED) is 0.733. The first-order chi connectivity index (χ1) is 5.74. The van der Waals surface area contributed by atoms with Gasteiger partial charge in [0.15, 0.2) is 0 Å². The standard InChI is InChI=1S/C10H14FN/c1-2-9(12)7-8-5-3-4-6-10(8)11/h3-6,9H,2,7,12H2,1H3. The third kappa shape index (κ3) is 2.31. The lowest BCUT2D eigenvalue weighted by Crippen LogP contribution is -2.21. The van der Waals surface area contributed by atoms with Crippen molar-refractivity contribution >= 4 is 0 Å². The van der Waals surface area contributed by atoms with Gasteiger partial charge < -0.3 is 5.73 Å². The summed E-state index contributed by atoms with van der Waals surface area (Å²) in [4.78, 5) is 0. The van der Waals surface area contributed by atoms with E-state index in [0.29, 0.717) is 12.0 Å².